The number of esters is 4. The van der Waals surface area contributed by atoms with Crippen molar-refractivity contribution < 1.29 is 47.6 Å². The Balaban J connectivity index is 1.25. The van der Waals surface area contributed by atoms with E-state index in [1.807, 2.05) is 30.3 Å². The Morgan fingerprint density at radius 2 is 1.39 bits per heavy atom. The van der Waals surface area contributed by atoms with Crippen LogP contribution in [0.5, 0.6) is 17.2 Å². The van der Waals surface area contributed by atoms with E-state index >= 15 is 0 Å². The van der Waals surface area contributed by atoms with Gasteiger partial charge in [0.1, 0.15) is 30.5 Å². The Morgan fingerprint density at radius 1 is 0.761 bits per heavy atom. The highest BCUT2D eigenvalue weighted by Gasteiger charge is 2.27. The van der Waals surface area contributed by atoms with Crippen molar-refractivity contribution in [3.63, 3.8) is 0 Å². The molecule has 0 aliphatic heterocycles. The van der Waals surface area contributed by atoms with Gasteiger partial charge in [-0.3, -0.25) is 4.79 Å². The second-order valence-corrected chi connectivity index (χ2v) is 10.4. The maximum Gasteiger partial charge on any atom is 0.343 e. The highest BCUT2D eigenvalue weighted by Crippen LogP contribution is 2.46. The second-order valence-electron chi connectivity index (χ2n) is 10.4. The van der Waals surface area contributed by atoms with E-state index in [9.17, 15) is 19.2 Å². The van der Waals surface area contributed by atoms with Crippen molar-refractivity contribution >= 4 is 23.9 Å². The van der Waals surface area contributed by atoms with Gasteiger partial charge in [0, 0.05) is 17.6 Å². The first kappa shape index (κ1) is 33.5. The molecule has 1 unspecified atom stereocenters. The summed E-state index contributed by atoms with van der Waals surface area (Å²) < 4.78 is 31.6. The first-order valence-electron chi connectivity index (χ1n) is 14.8. The molecule has 1 aliphatic rings. The standard InChI is InChI=1S/C36H36O10/c1-5-33(37)44-17-7-6-16-42-28-13-15-30-29-14-8-25(21-31(29)24(3)32(30)22-28)36(40)46-27-11-9-26(10-12-27)43-18-19-45-35(39)23(2)20-34(38)41-4/h5,8-15,21-22,24H,1-2,6-7,16-20H2,3-4H3. The fraction of sp³-hybridized carbons (Fsp3) is 0.278. The lowest BCUT2D eigenvalue weighted by atomic mass is 9.98. The molecule has 0 amide bonds. The molecule has 0 spiro atoms. The zero-order valence-electron chi connectivity index (χ0n) is 25.9. The number of ether oxygens (including phenoxy) is 6. The van der Waals surface area contributed by atoms with Crippen LogP contribution in [0.3, 0.4) is 0 Å². The Bertz CT molecular complexity index is 1610. The normalized spacial score (nSPS) is 12.6. The van der Waals surface area contributed by atoms with Crippen LogP contribution in [0.15, 0.2) is 85.5 Å². The van der Waals surface area contributed by atoms with Crippen molar-refractivity contribution in [2.24, 2.45) is 0 Å². The average molecular weight is 629 g/mol. The molecule has 3 aromatic rings. The van der Waals surface area contributed by atoms with E-state index in [2.05, 4.69) is 24.8 Å². The second kappa shape index (κ2) is 16.1. The maximum atomic E-state index is 13.0. The van der Waals surface area contributed by atoms with E-state index in [-0.39, 0.29) is 31.1 Å². The third kappa shape index (κ3) is 8.84. The molecule has 1 aliphatic carbocycles. The Kier molecular flexibility index (Phi) is 11.7. The molecule has 240 valence electrons. The molecule has 10 nitrogen and oxygen atoms in total. The predicted octanol–water partition coefficient (Wildman–Crippen LogP) is 5.97. The highest BCUT2D eigenvalue weighted by atomic mass is 16.6. The molecule has 1 atom stereocenters. The Morgan fingerprint density at radius 3 is 2.11 bits per heavy atom. The van der Waals surface area contributed by atoms with Crippen LogP contribution >= 0.6 is 0 Å². The lowest BCUT2D eigenvalue weighted by molar-refractivity contribution is -0.144. The van der Waals surface area contributed by atoms with E-state index in [0.29, 0.717) is 36.7 Å². The summed E-state index contributed by atoms with van der Waals surface area (Å²) in [5, 5.41) is 0. The molecule has 0 saturated carbocycles. The third-order valence-corrected chi connectivity index (χ3v) is 7.25. The van der Waals surface area contributed by atoms with Gasteiger partial charge < -0.3 is 28.4 Å². The molecular weight excluding hydrogens is 592 g/mol. The number of carbonyl (C=O) groups excluding carboxylic acids is 4. The fourth-order valence-electron chi connectivity index (χ4n) is 4.81. The minimum absolute atomic E-state index is 0.00512. The average Bonchev–Trinajstić information content (AvgIpc) is 3.35. The van der Waals surface area contributed by atoms with Gasteiger partial charge >= 0.3 is 23.9 Å². The third-order valence-electron chi connectivity index (χ3n) is 7.25. The molecule has 0 N–H and O–H groups in total. The van der Waals surface area contributed by atoms with Gasteiger partial charge in [-0.1, -0.05) is 32.2 Å². The Hall–Kier alpha value is -5.38. The van der Waals surface area contributed by atoms with Crippen molar-refractivity contribution in [2.75, 3.05) is 33.5 Å². The number of unbranched alkanes of at least 4 members (excludes halogenated alkanes) is 1. The zero-order chi connectivity index (χ0) is 33.1. The fourth-order valence-corrected chi connectivity index (χ4v) is 4.81. The summed E-state index contributed by atoms with van der Waals surface area (Å²) in [5.41, 5.74) is 4.74. The van der Waals surface area contributed by atoms with Gasteiger partial charge in [0.2, 0.25) is 0 Å². The molecule has 0 saturated heterocycles. The summed E-state index contributed by atoms with van der Waals surface area (Å²) in [6, 6.07) is 18.1. The van der Waals surface area contributed by atoms with Gasteiger partial charge in [0.05, 0.1) is 32.3 Å². The zero-order valence-corrected chi connectivity index (χ0v) is 25.9. The predicted molar refractivity (Wildman–Crippen MR) is 169 cm³/mol. The number of carbonyl (C=O) groups is 4. The van der Waals surface area contributed by atoms with Crippen molar-refractivity contribution in [2.45, 2.75) is 32.1 Å². The lowest BCUT2D eigenvalue weighted by Crippen LogP contribution is -2.15. The van der Waals surface area contributed by atoms with Gasteiger partial charge in [-0.25, -0.2) is 14.4 Å². The van der Waals surface area contributed by atoms with Gasteiger partial charge in [-0.05, 0) is 83.6 Å². The van der Waals surface area contributed by atoms with E-state index < -0.39 is 23.9 Å². The van der Waals surface area contributed by atoms with Crippen LogP contribution in [0.4, 0.5) is 0 Å². The molecule has 0 radical (unpaired) electrons. The van der Waals surface area contributed by atoms with Crippen molar-refractivity contribution in [1.82, 2.24) is 0 Å². The summed E-state index contributed by atoms with van der Waals surface area (Å²) >= 11 is 0. The number of hydrogen-bond acceptors (Lipinski definition) is 10. The largest absolute Gasteiger partial charge is 0.494 e. The summed E-state index contributed by atoms with van der Waals surface area (Å²) in [7, 11) is 1.22. The van der Waals surface area contributed by atoms with E-state index in [4.69, 9.17) is 23.7 Å². The van der Waals surface area contributed by atoms with Crippen LogP contribution < -0.4 is 14.2 Å². The number of fused-ring (bicyclic) bond motifs is 3. The van der Waals surface area contributed by atoms with E-state index in [0.717, 1.165) is 40.5 Å². The van der Waals surface area contributed by atoms with Crippen molar-refractivity contribution in [1.29, 1.82) is 0 Å². The smallest absolute Gasteiger partial charge is 0.343 e. The van der Waals surface area contributed by atoms with E-state index in [1.165, 1.54) is 7.11 Å². The maximum absolute atomic E-state index is 13.0. The van der Waals surface area contributed by atoms with Crippen LogP contribution in [0.1, 0.15) is 53.6 Å². The number of methoxy groups -OCH3 is 1. The molecule has 0 aromatic heterocycles. The summed E-state index contributed by atoms with van der Waals surface area (Å²) in [6.07, 6.45) is 2.34. The van der Waals surface area contributed by atoms with Gasteiger partial charge in [-0.15, -0.1) is 0 Å². The molecule has 0 heterocycles. The van der Waals surface area contributed by atoms with Crippen LogP contribution in [-0.4, -0.2) is 57.4 Å². The van der Waals surface area contributed by atoms with Crippen molar-refractivity contribution in [3.05, 3.63) is 102 Å². The van der Waals surface area contributed by atoms with Gasteiger partial charge in [0.25, 0.3) is 0 Å². The lowest BCUT2D eigenvalue weighted by Gasteiger charge is -2.11. The summed E-state index contributed by atoms with van der Waals surface area (Å²) in [4.78, 5) is 47.2. The van der Waals surface area contributed by atoms with Crippen molar-refractivity contribution in [3.8, 4) is 28.4 Å². The number of rotatable bonds is 16. The molecule has 46 heavy (non-hydrogen) atoms. The topological polar surface area (TPSA) is 124 Å². The molecule has 4 rings (SSSR count). The number of hydrogen-bond donors (Lipinski definition) is 0. The molecule has 0 fully saturated rings. The SMILES string of the molecule is C=CC(=O)OCCCCOc1ccc2c(c1)C(C)c1cc(C(=O)Oc3ccc(OCCOC(=O)C(=C)CC(=O)OC)cc3)ccc1-2. The number of benzene rings is 3. The monoisotopic (exact) mass is 628 g/mol. The minimum Gasteiger partial charge on any atom is -0.494 e. The molecule has 3 aromatic carbocycles. The quantitative estimate of drug-likeness (QED) is 0.0616. The van der Waals surface area contributed by atoms with E-state index in [1.54, 1.807) is 30.3 Å². The van der Waals surface area contributed by atoms with Gasteiger partial charge in [-0.2, -0.15) is 0 Å². The minimum atomic E-state index is -0.700. The van der Waals surface area contributed by atoms with Crippen LogP contribution in [-0.2, 0) is 28.6 Å². The van der Waals surface area contributed by atoms with Gasteiger partial charge in [0.15, 0.2) is 0 Å². The van der Waals surface area contributed by atoms with Crippen LogP contribution in [0, 0.1) is 0 Å². The first-order valence-corrected chi connectivity index (χ1v) is 14.8. The first-order chi connectivity index (χ1) is 22.2. The molecule has 10 heteroatoms. The van der Waals surface area contributed by atoms with Crippen LogP contribution in [0.25, 0.3) is 11.1 Å². The highest BCUT2D eigenvalue weighted by molar-refractivity contribution is 5.94. The molecular formula is C36H36O10. The van der Waals surface area contributed by atoms with Crippen LogP contribution in [0.2, 0.25) is 0 Å². The summed E-state index contributed by atoms with van der Waals surface area (Å²) in [6.45, 7) is 9.85. The summed E-state index contributed by atoms with van der Waals surface area (Å²) in [5.74, 6) is -0.533. The molecule has 0 bridgehead atoms. The Labute approximate surface area is 267 Å².